The van der Waals surface area contributed by atoms with Gasteiger partial charge >= 0.3 is 0 Å². The highest BCUT2D eigenvalue weighted by molar-refractivity contribution is 9.10. The quantitative estimate of drug-likeness (QED) is 0.675. The summed E-state index contributed by atoms with van der Waals surface area (Å²) in [6, 6.07) is 17.2. The molecule has 0 aliphatic heterocycles. The third-order valence-corrected chi connectivity index (χ3v) is 2.74. The number of hydrogen-bond acceptors (Lipinski definition) is 1. The zero-order chi connectivity index (χ0) is 12.1. The first-order valence-electron chi connectivity index (χ1n) is 5.06. The predicted octanol–water partition coefficient (Wildman–Crippen LogP) is 3.72. The summed E-state index contributed by atoms with van der Waals surface area (Å²) in [4.78, 5) is 0. The molecule has 2 aromatic carbocycles. The third kappa shape index (κ3) is 3.21. The monoisotopic (exact) mass is 281 g/mol. The minimum atomic E-state index is 0.652. The molecule has 0 bridgehead atoms. The molecule has 0 aliphatic carbocycles. The van der Waals surface area contributed by atoms with Crippen molar-refractivity contribution >= 4 is 15.9 Å². The summed E-state index contributed by atoms with van der Waals surface area (Å²) in [5.41, 5.74) is 2.53. The van der Waals surface area contributed by atoms with Crippen LogP contribution in [-0.4, -0.2) is 0 Å². The second-order valence-corrected chi connectivity index (χ2v) is 4.36. The normalized spacial score (nSPS) is 8.94. The van der Waals surface area contributed by atoms with Crippen LogP contribution >= 0.6 is 15.9 Å². The molecule has 0 radical (unpaired) electrons. The van der Waals surface area contributed by atoms with Gasteiger partial charge in [-0.2, -0.15) is 5.26 Å². The fourth-order valence-corrected chi connectivity index (χ4v) is 1.57. The molecule has 17 heavy (non-hydrogen) atoms. The van der Waals surface area contributed by atoms with Crippen molar-refractivity contribution in [3.63, 3.8) is 0 Å². The van der Waals surface area contributed by atoms with Crippen molar-refractivity contribution in [1.29, 1.82) is 5.26 Å². The molecule has 1 nitrogen and oxygen atoms in total. The fraction of sp³-hybridized carbons (Fsp3) is 0. The van der Waals surface area contributed by atoms with Crippen LogP contribution in [0, 0.1) is 23.2 Å². The van der Waals surface area contributed by atoms with Crippen LogP contribution in [0.25, 0.3) is 0 Å². The minimum absolute atomic E-state index is 0.652. The number of benzene rings is 2. The maximum atomic E-state index is 8.67. The van der Waals surface area contributed by atoms with E-state index in [1.165, 1.54) is 0 Å². The molecule has 0 saturated heterocycles. The second-order valence-electron chi connectivity index (χ2n) is 3.45. The molecule has 2 rings (SSSR count). The van der Waals surface area contributed by atoms with E-state index in [1.54, 1.807) is 12.1 Å². The molecule has 0 heterocycles. The summed E-state index contributed by atoms with van der Waals surface area (Å²) in [6.45, 7) is 0. The topological polar surface area (TPSA) is 23.8 Å². The lowest BCUT2D eigenvalue weighted by Gasteiger charge is -1.92. The lowest BCUT2D eigenvalue weighted by molar-refractivity contribution is 1.48. The van der Waals surface area contributed by atoms with Gasteiger partial charge in [-0.15, -0.1) is 0 Å². The zero-order valence-electron chi connectivity index (χ0n) is 8.94. The predicted molar refractivity (Wildman–Crippen MR) is 71.3 cm³/mol. The molecule has 0 aliphatic rings. The average molecular weight is 282 g/mol. The molecule has 0 N–H and O–H groups in total. The van der Waals surface area contributed by atoms with Crippen LogP contribution in [0.1, 0.15) is 16.7 Å². The van der Waals surface area contributed by atoms with Gasteiger partial charge in [-0.3, -0.25) is 0 Å². The van der Waals surface area contributed by atoms with E-state index in [1.807, 2.05) is 36.4 Å². The standard InChI is InChI=1S/C15H8BrN/c16-15-9-7-13(8-10-15)2-1-12-3-5-14(11-17)6-4-12/h3-10H. The van der Waals surface area contributed by atoms with Crippen molar-refractivity contribution in [3.05, 3.63) is 69.7 Å². The van der Waals surface area contributed by atoms with Gasteiger partial charge in [0.1, 0.15) is 0 Å². The van der Waals surface area contributed by atoms with Gasteiger partial charge in [0, 0.05) is 15.6 Å². The number of hydrogen-bond donors (Lipinski definition) is 0. The Balaban J connectivity index is 2.21. The Morgan fingerprint density at radius 3 is 1.59 bits per heavy atom. The minimum Gasteiger partial charge on any atom is -0.192 e. The number of nitriles is 1. The fourth-order valence-electron chi connectivity index (χ4n) is 1.31. The average Bonchev–Trinajstić information content (AvgIpc) is 2.39. The summed E-state index contributed by atoms with van der Waals surface area (Å²) >= 11 is 3.38. The van der Waals surface area contributed by atoms with E-state index in [-0.39, 0.29) is 0 Å². The Hall–Kier alpha value is -2.03. The third-order valence-electron chi connectivity index (χ3n) is 2.21. The van der Waals surface area contributed by atoms with Crippen molar-refractivity contribution in [3.8, 4) is 17.9 Å². The van der Waals surface area contributed by atoms with Gasteiger partial charge < -0.3 is 0 Å². The molecule has 0 spiro atoms. The molecule has 80 valence electrons. The van der Waals surface area contributed by atoms with Crippen molar-refractivity contribution in [2.75, 3.05) is 0 Å². The van der Waals surface area contributed by atoms with E-state index in [4.69, 9.17) is 5.26 Å². The highest BCUT2D eigenvalue weighted by Gasteiger charge is 1.90. The maximum absolute atomic E-state index is 8.67. The number of nitrogens with zero attached hydrogens (tertiary/aromatic N) is 1. The first kappa shape index (κ1) is 11.5. The molecule has 0 saturated carbocycles. The van der Waals surface area contributed by atoms with Gasteiger partial charge in [-0.25, -0.2) is 0 Å². The molecule has 0 amide bonds. The van der Waals surface area contributed by atoms with Crippen molar-refractivity contribution in [1.82, 2.24) is 0 Å². The van der Waals surface area contributed by atoms with E-state index in [0.717, 1.165) is 15.6 Å². The second kappa shape index (κ2) is 5.34. The first-order valence-corrected chi connectivity index (χ1v) is 5.85. The lowest BCUT2D eigenvalue weighted by Crippen LogP contribution is -1.77. The zero-order valence-corrected chi connectivity index (χ0v) is 10.5. The van der Waals surface area contributed by atoms with Gasteiger partial charge in [-0.05, 0) is 48.5 Å². The Kier molecular flexibility index (Phi) is 3.60. The Morgan fingerprint density at radius 2 is 1.12 bits per heavy atom. The summed E-state index contributed by atoms with van der Waals surface area (Å²) in [7, 11) is 0. The molecular weight excluding hydrogens is 274 g/mol. The summed E-state index contributed by atoms with van der Waals surface area (Å²) in [6.07, 6.45) is 0. The van der Waals surface area contributed by atoms with Gasteiger partial charge in [0.05, 0.1) is 11.6 Å². The Bertz CT molecular complexity index is 607. The lowest BCUT2D eigenvalue weighted by atomic mass is 10.1. The van der Waals surface area contributed by atoms with E-state index >= 15 is 0 Å². The molecule has 2 heteroatoms. The summed E-state index contributed by atoms with van der Waals surface area (Å²) in [5, 5.41) is 8.67. The van der Waals surface area contributed by atoms with Crippen LogP contribution in [0.2, 0.25) is 0 Å². The van der Waals surface area contributed by atoms with E-state index in [2.05, 4.69) is 33.8 Å². The largest absolute Gasteiger partial charge is 0.192 e. The van der Waals surface area contributed by atoms with Crippen LogP contribution in [0.3, 0.4) is 0 Å². The van der Waals surface area contributed by atoms with Crippen LogP contribution in [-0.2, 0) is 0 Å². The highest BCUT2D eigenvalue weighted by atomic mass is 79.9. The van der Waals surface area contributed by atoms with Gasteiger partial charge in [0.15, 0.2) is 0 Å². The van der Waals surface area contributed by atoms with E-state index in [9.17, 15) is 0 Å². The molecule has 0 unspecified atom stereocenters. The van der Waals surface area contributed by atoms with Gasteiger partial charge in [-0.1, -0.05) is 27.8 Å². The number of halogens is 1. The smallest absolute Gasteiger partial charge is 0.0991 e. The molecule has 0 aromatic heterocycles. The molecule has 2 aromatic rings. The van der Waals surface area contributed by atoms with Crippen molar-refractivity contribution in [2.45, 2.75) is 0 Å². The number of rotatable bonds is 0. The maximum Gasteiger partial charge on any atom is 0.0991 e. The van der Waals surface area contributed by atoms with Gasteiger partial charge in [0.25, 0.3) is 0 Å². The summed E-state index contributed by atoms with van der Waals surface area (Å²) in [5.74, 6) is 6.13. The van der Waals surface area contributed by atoms with Crippen molar-refractivity contribution < 1.29 is 0 Å². The first-order chi connectivity index (χ1) is 8.28. The summed E-state index contributed by atoms with van der Waals surface area (Å²) < 4.78 is 1.04. The van der Waals surface area contributed by atoms with Crippen LogP contribution < -0.4 is 0 Å². The van der Waals surface area contributed by atoms with Gasteiger partial charge in [0.2, 0.25) is 0 Å². The SMILES string of the molecule is N#Cc1ccc(C#Cc2ccc(Br)cc2)cc1. The van der Waals surface area contributed by atoms with E-state index < -0.39 is 0 Å². The Morgan fingerprint density at radius 1 is 0.706 bits per heavy atom. The van der Waals surface area contributed by atoms with Crippen molar-refractivity contribution in [2.24, 2.45) is 0 Å². The van der Waals surface area contributed by atoms with Crippen LogP contribution in [0.15, 0.2) is 53.0 Å². The van der Waals surface area contributed by atoms with E-state index in [0.29, 0.717) is 5.56 Å². The Labute approximate surface area is 109 Å². The molecule has 0 atom stereocenters. The highest BCUT2D eigenvalue weighted by Crippen LogP contribution is 2.09. The molecule has 0 fully saturated rings. The van der Waals surface area contributed by atoms with Crippen LogP contribution in [0.5, 0.6) is 0 Å². The van der Waals surface area contributed by atoms with Crippen LogP contribution in [0.4, 0.5) is 0 Å². The molecular formula is C15H8BrN.